The lowest BCUT2D eigenvalue weighted by atomic mass is 9.92. The van der Waals surface area contributed by atoms with E-state index in [1.54, 1.807) is 4.98 Å². The van der Waals surface area contributed by atoms with Crippen LogP contribution in [0.1, 0.15) is 13.2 Å². The van der Waals surface area contributed by atoms with Gasteiger partial charge in [-0.2, -0.15) is 13.0 Å². The molecule has 0 aromatic carbocycles. The monoisotopic (exact) mass is 524 g/mol. The van der Waals surface area contributed by atoms with Crippen molar-refractivity contribution >= 4 is 23.5 Å². The molecule has 1 aromatic rings. The SMILES string of the molecule is C#CC1C(n2cc(F)c(=O)[nH]c2=O)OC(C)(COP(=O)(O)OP(=O)(O)OP(=O)(O)O)C1O. The fraction of sp³-hybridized carbons (Fsp3) is 0.500. The zero-order valence-electron chi connectivity index (χ0n) is 15.7. The van der Waals surface area contributed by atoms with E-state index in [4.69, 9.17) is 25.8 Å². The Bertz CT molecular complexity index is 1180. The second-order valence-corrected chi connectivity index (χ2v) is 10.9. The van der Waals surface area contributed by atoms with Crippen LogP contribution >= 0.6 is 23.5 Å². The predicted octanol–water partition coefficient (Wildman–Crippen LogP) is -1.08. The highest BCUT2D eigenvalue weighted by molar-refractivity contribution is 7.66. The molecule has 0 spiro atoms. The summed E-state index contributed by atoms with van der Waals surface area (Å²) in [5.74, 6) is -0.689. The average Bonchev–Trinajstić information content (AvgIpc) is 2.84. The van der Waals surface area contributed by atoms with Gasteiger partial charge in [-0.3, -0.25) is 18.9 Å². The number of ether oxygens (including phenoxy) is 1. The first-order valence-corrected chi connectivity index (χ1v) is 12.5. The number of nitrogens with zero attached hydrogens (tertiary/aromatic N) is 1. The second kappa shape index (κ2) is 9.03. The van der Waals surface area contributed by atoms with Gasteiger partial charge in [-0.05, 0) is 6.92 Å². The van der Waals surface area contributed by atoms with E-state index < -0.39 is 71.0 Å². The number of nitrogens with one attached hydrogen (secondary N) is 1. The van der Waals surface area contributed by atoms with Crippen molar-refractivity contribution in [2.75, 3.05) is 6.61 Å². The van der Waals surface area contributed by atoms with Crippen LogP contribution in [-0.4, -0.2) is 52.5 Å². The largest absolute Gasteiger partial charge is 0.490 e. The quantitative estimate of drug-likeness (QED) is 0.175. The van der Waals surface area contributed by atoms with Crippen LogP contribution in [0.25, 0.3) is 0 Å². The molecule has 0 amide bonds. The van der Waals surface area contributed by atoms with Crippen molar-refractivity contribution in [3.63, 3.8) is 0 Å². The van der Waals surface area contributed by atoms with Gasteiger partial charge in [0.1, 0.15) is 11.7 Å². The molecule has 6 unspecified atom stereocenters. The smallest absolute Gasteiger partial charge is 0.389 e. The van der Waals surface area contributed by atoms with Crippen LogP contribution in [0.5, 0.6) is 0 Å². The third-order valence-corrected chi connectivity index (χ3v) is 7.77. The van der Waals surface area contributed by atoms with Crippen molar-refractivity contribution in [3.05, 3.63) is 32.9 Å². The van der Waals surface area contributed by atoms with E-state index in [1.165, 1.54) is 0 Å². The summed E-state index contributed by atoms with van der Waals surface area (Å²) in [6.45, 7) is -0.0348. The van der Waals surface area contributed by atoms with Gasteiger partial charge in [-0.15, -0.1) is 6.42 Å². The third-order valence-electron chi connectivity index (χ3n) is 3.98. The lowest BCUT2D eigenvalue weighted by Crippen LogP contribution is -2.42. The number of aliphatic hydroxyl groups is 1. The van der Waals surface area contributed by atoms with Gasteiger partial charge >= 0.3 is 29.2 Å². The highest BCUT2D eigenvalue weighted by Gasteiger charge is 2.54. The normalized spacial score (nSPS) is 29.8. The number of terminal acetylenes is 1. The average molecular weight is 524 g/mol. The Kier molecular flexibility index (Phi) is 7.55. The molecule has 0 aliphatic carbocycles. The van der Waals surface area contributed by atoms with Gasteiger partial charge in [0.25, 0.3) is 5.56 Å². The van der Waals surface area contributed by atoms with Crippen LogP contribution in [0.3, 0.4) is 0 Å². The fourth-order valence-electron chi connectivity index (χ4n) is 2.64. The molecule has 0 bridgehead atoms. The van der Waals surface area contributed by atoms with Crippen molar-refractivity contribution in [1.82, 2.24) is 9.55 Å². The first-order valence-electron chi connectivity index (χ1n) is 8.01. The maximum atomic E-state index is 13.6. The van der Waals surface area contributed by atoms with E-state index in [0.29, 0.717) is 10.8 Å². The highest BCUT2D eigenvalue weighted by atomic mass is 31.3. The number of halogens is 1. The molecule has 20 heteroatoms. The summed E-state index contributed by atoms with van der Waals surface area (Å²) in [6.07, 6.45) is 2.43. The number of rotatable bonds is 8. The van der Waals surface area contributed by atoms with Crippen LogP contribution in [-0.2, 0) is 31.6 Å². The number of phosphoric ester groups is 1. The molecular formula is C12H16FN2O14P3. The van der Waals surface area contributed by atoms with Crippen molar-refractivity contribution < 1.29 is 60.6 Å². The van der Waals surface area contributed by atoms with E-state index in [1.807, 2.05) is 0 Å². The zero-order chi connectivity index (χ0) is 24.7. The topological polar surface area (TPSA) is 244 Å². The van der Waals surface area contributed by atoms with Crippen molar-refractivity contribution in [2.24, 2.45) is 5.92 Å². The molecule has 0 saturated carbocycles. The van der Waals surface area contributed by atoms with Crippen LogP contribution in [0.4, 0.5) is 4.39 Å². The minimum absolute atomic E-state index is 0.455. The minimum Gasteiger partial charge on any atom is -0.389 e. The van der Waals surface area contributed by atoms with Gasteiger partial charge < -0.3 is 29.4 Å². The Balaban J connectivity index is 2.24. The van der Waals surface area contributed by atoms with Gasteiger partial charge in [-0.1, -0.05) is 5.92 Å². The van der Waals surface area contributed by atoms with Gasteiger partial charge in [0.05, 0.1) is 18.7 Å². The molecule has 6 atom stereocenters. The summed E-state index contributed by atoms with van der Waals surface area (Å²) in [4.78, 5) is 60.5. The fourth-order valence-corrected chi connectivity index (χ4v) is 5.75. The lowest BCUT2D eigenvalue weighted by Gasteiger charge is -2.28. The number of aliphatic hydroxyl groups excluding tert-OH is 1. The Labute approximate surface area is 177 Å². The van der Waals surface area contributed by atoms with Gasteiger partial charge in [0.2, 0.25) is 5.82 Å². The van der Waals surface area contributed by atoms with Crippen LogP contribution < -0.4 is 11.2 Å². The summed E-state index contributed by atoms with van der Waals surface area (Å²) >= 11 is 0. The second-order valence-electron chi connectivity index (χ2n) is 6.47. The molecule has 1 saturated heterocycles. The summed E-state index contributed by atoms with van der Waals surface area (Å²) in [5.41, 5.74) is -4.51. The molecule has 0 radical (unpaired) electrons. The van der Waals surface area contributed by atoms with E-state index >= 15 is 0 Å². The van der Waals surface area contributed by atoms with Gasteiger partial charge in [-0.25, -0.2) is 18.5 Å². The number of phosphoric acid groups is 3. The first kappa shape index (κ1) is 26.7. The van der Waals surface area contributed by atoms with Crippen LogP contribution in [0.2, 0.25) is 0 Å². The molecule has 180 valence electrons. The molecule has 2 heterocycles. The Morgan fingerprint density at radius 3 is 2.38 bits per heavy atom. The molecule has 1 fully saturated rings. The number of hydrogen-bond donors (Lipinski definition) is 6. The number of aromatic nitrogens is 2. The molecule has 1 aliphatic rings. The molecule has 1 aliphatic heterocycles. The van der Waals surface area contributed by atoms with E-state index in [0.717, 1.165) is 6.92 Å². The number of hydrogen-bond acceptors (Lipinski definition) is 10. The van der Waals surface area contributed by atoms with Gasteiger partial charge in [0, 0.05) is 0 Å². The Morgan fingerprint density at radius 1 is 1.25 bits per heavy atom. The van der Waals surface area contributed by atoms with Crippen molar-refractivity contribution in [3.8, 4) is 12.3 Å². The van der Waals surface area contributed by atoms with Crippen molar-refractivity contribution in [2.45, 2.75) is 24.9 Å². The summed E-state index contributed by atoms with van der Waals surface area (Å²) in [5, 5.41) is 10.5. The standard InChI is InChI=1S/C12H16FN2O14P3/c1-3-6-8(16)12(2,27-10(6)15-4-7(13)9(17)14-11(15)18)5-26-31(22,23)29-32(24,25)28-30(19,20)21/h1,4,6,8,10,16H,5H2,2H3,(H,22,23)(H,24,25)(H,14,17,18)(H2,19,20,21). The maximum Gasteiger partial charge on any atom is 0.490 e. The van der Waals surface area contributed by atoms with E-state index in [9.17, 15) is 37.7 Å². The Morgan fingerprint density at radius 2 is 1.84 bits per heavy atom. The lowest BCUT2D eigenvalue weighted by molar-refractivity contribution is -0.115. The molecular weight excluding hydrogens is 508 g/mol. The molecule has 1 aromatic heterocycles. The summed E-state index contributed by atoms with van der Waals surface area (Å²) < 4.78 is 65.0. The minimum atomic E-state index is -5.79. The first-order chi connectivity index (χ1) is 14.4. The maximum absolute atomic E-state index is 13.6. The predicted molar refractivity (Wildman–Crippen MR) is 98.0 cm³/mol. The zero-order valence-corrected chi connectivity index (χ0v) is 18.4. The third kappa shape index (κ3) is 6.30. The molecule has 2 rings (SSSR count). The molecule has 16 nitrogen and oxygen atoms in total. The summed E-state index contributed by atoms with van der Waals surface area (Å²) in [6, 6.07) is 0. The van der Waals surface area contributed by atoms with Gasteiger partial charge in [0.15, 0.2) is 6.23 Å². The Hall–Kier alpha value is -1.50. The summed E-state index contributed by atoms with van der Waals surface area (Å²) in [7, 11) is -17.0. The van der Waals surface area contributed by atoms with E-state index in [-0.39, 0.29) is 0 Å². The molecule has 32 heavy (non-hydrogen) atoms. The number of aromatic amines is 1. The van der Waals surface area contributed by atoms with Crippen LogP contribution in [0.15, 0.2) is 15.8 Å². The van der Waals surface area contributed by atoms with Crippen molar-refractivity contribution in [1.29, 1.82) is 0 Å². The number of H-pyrrole nitrogens is 1. The molecule has 6 N–H and O–H groups in total. The van der Waals surface area contributed by atoms with Crippen LogP contribution in [0, 0.1) is 24.1 Å². The highest BCUT2D eigenvalue weighted by Crippen LogP contribution is 2.66. The van der Waals surface area contributed by atoms with E-state index in [2.05, 4.69) is 19.1 Å².